The summed E-state index contributed by atoms with van der Waals surface area (Å²) in [4.78, 5) is 12.6. The van der Waals surface area contributed by atoms with Gasteiger partial charge in [0.2, 0.25) is 12.7 Å². The second-order valence-corrected chi connectivity index (χ2v) is 6.65. The van der Waals surface area contributed by atoms with E-state index in [1.54, 1.807) is 0 Å². The van der Waals surface area contributed by atoms with Crippen molar-refractivity contribution in [1.82, 2.24) is 5.32 Å². The van der Waals surface area contributed by atoms with Gasteiger partial charge in [0.15, 0.2) is 11.5 Å². The first-order valence-electron chi connectivity index (χ1n) is 7.96. The first-order chi connectivity index (χ1) is 10.5. The molecule has 3 atom stereocenters. The van der Waals surface area contributed by atoms with Crippen LogP contribution in [0.4, 0.5) is 0 Å². The van der Waals surface area contributed by atoms with Gasteiger partial charge in [-0.25, -0.2) is 0 Å². The van der Waals surface area contributed by atoms with Crippen LogP contribution in [-0.2, 0) is 4.79 Å². The fourth-order valence-electron chi connectivity index (χ4n) is 3.37. The van der Waals surface area contributed by atoms with Crippen molar-refractivity contribution in [2.75, 3.05) is 6.79 Å². The van der Waals surface area contributed by atoms with E-state index in [4.69, 9.17) is 15.2 Å². The molecular formula is C17H24N2O3. The van der Waals surface area contributed by atoms with Crippen LogP contribution in [-0.4, -0.2) is 18.2 Å². The van der Waals surface area contributed by atoms with Gasteiger partial charge in [-0.3, -0.25) is 4.79 Å². The van der Waals surface area contributed by atoms with E-state index in [0.29, 0.717) is 0 Å². The third kappa shape index (κ3) is 2.90. The van der Waals surface area contributed by atoms with Crippen LogP contribution in [0.2, 0.25) is 0 Å². The fourth-order valence-corrected chi connectivity index (χ4v) is 3.37. The number of hydrogen-bond donors (Lipinski definition) is 2. The van der Waals surface area contributed by atoms with Gasteiger partial charge in [0.25, 0.3) is 0 Å². The van der Waals surface area contributed by atoms with Crippen molar-refractivity contribution < 1.29 is 14.3 Å². The Hall–Kier alpha value is -1.75. The number of benzene rings is 1. The molecule has 0 saturated heterocycles. The lowest BCUT2D eigenvalue weighted by molar-refractivity contribution is -0.128. The average molecular weight is 304 g/mol. The van der Waals surface area contributed by atoms with E-state index < -0.39 is 5.54 Å². The minimum Gasteiger partial charge on any atom is -0.454 e. The van der Waals surface area contributed by atoms with Crippen LogP contribution in [0.1, 0.15) is 51.1 Å². The lowest BCUT2D eigenvalue weighted by Gasteiger charge is -2.37. The quantitative estimate of drug-likeness (QED) is 0.900. The summed E-state index contributed by atoms with van der Waals surface area (Å²) in [6.07, 6.45) is 3.95. The molecule has 0 radical (unpaired) electrons. The first kappa shape index (κ1) is 15.2. The molecule has 2 aliphatic rings. The molecule has 5 heteroatoms. The summed E-state index contributed by atoms with van der Waals surface area (Å²) in [5.41, 5.74) is 6.91. The molecule has 22 heavy (non-hydrogen) atoms. The van der Waals surface area contributed by atoms with Gasteiger partial charge in [-0.15, -0.1) is 0 Å². The highest BCUT2D eigenvalue weighted by Crippen LogP contribution is 2.35. The zero-order valence-electron chi connectivity index (χ0n) is 13.2. The van der Waals surface area contributed by atoms with Gasteiger partial charge in [0, 0.05) is 5.54 Å². The molecule has 3 rings (SSSR count). The second-order valence-electron chi connectivity index (χ2n) is 6.65. The number of amides is 1. The summed E-state index contributed by atoms with van der Waals surface area (Å²) in [5.74, 6) is 1.43. The molecule has 1 aromatic carbocycles. The number of ether oxygens (including phenoxy) is 2. The standard InChI is InChI=1S/C17H24N2O3/c1-11(12-6-7-14-15(9-12)22-10-21-14)19-16(20)13-5-3-4-8-17(13,2)18/h6-7,9,11,13H,3-5,8,10,18H2,1-2H3,(H,19,20). The van der Waals surface area contributed by atoms with Crippen molar-refractivity contribution in [2.24, 2.45) is 11.7 Å². The zero-order valence-corrected chi connectivity index (χ0v) is 13.2. The third-order valence-electron chi connectivity index (χ3n) is 4.83. The van der Waals surface area contributed by atoms with E-state index in [9.17, 15) is 4.79 Å². The Morgan fingerprint density at radius 3 is 2.91 bits per heavy atom. The van der Waals surface area contributed by atoms with Gasteiger partial charge >= 0.3 is 0 Å². The molecule has 0 bridgehead atoms. The molecule has 0 spiro atoms. The predicted molar refractivity (Wildman–Crippen MR) is 83.7 cm³/mol. The fraction of sp³-hybridized carbons (Fsp3) is 0.588. The molecule has 1 fully saturated rings. The Morgan fingerprint density at radius 2 is 2.14 bits per heavy atom. The minimum absolute atomic E-state index is 0.0508. The Morgan fingerprint density at radius 1 is 1.36 bits per heavy atom. The van der Waals surface area contributed by atoms with E-state index in [-0.39, 0.29) is 24.7 Å². The number of fused-ring (bicyclic) bond motifs is 1. The van der Waals surface area contributed by atoms with Gasteiger partial charge in [-0.2, -0.15) is 0 Å². The van der Waals surface area contributed by atoms with Crippen molar-refractivity contribution >= 4 is 5.91 Å². The van der Waals surface area contributed by atoms with Crippen LogP contribution in [0.15, 0.2) is 18.2 Å². The minimum atomic E-state index is -0.406. The molecule has 1 heterocycles. The maximum atomic E-state index is 12.6. The average Bonchev–Trinajstić information content (AvgIpc) is 2.93. The van der Waals surface area contributed by atoms with Crippen molar-refractivity contribution in [1.29, 1.82) is 0 Å². The number of hydrogen-bond acceptors (Lipinski definition) is 4. The number of nitrogens with one attached hydrogen (secondary N) is 1. The monoisotopic (exact) mass is 304 g/mol. The summed E-state index contributed by atoms with van der Waals surface area (Å²) >= 11 is 0. The molecule has 1 amide bonds. The molecule has 1 aliphatic carbocycles. The molecule has 1 saturated carbocycles. The molecule has 3 unspecified atom stereocenters. The maximum absolute atomic E-state index is 12.6. The summed E-state index contributed by atoms with van der Waals surface area (Å²) in [6.45, 7) is 4.22. The van der Waals surface area contributed by atoms with Crippen LogP contribution in [0, 0.1) is 5.92 Å². The molecule has 0 aromatic heterocycles. The van der Waals surface area contributed by atoms with Crippen LogP contribution >= 0.6 is 0 Å². The highest BCUT2D eigenvalue weighted by molar-refractivity contribution is 5.80. The molecule has 3 N–H and O–H groups in total. The SMILES string of the molecule is CC(NC(=O)C1CCCCC1(C)N)c1ccc2c(c1)OCO2. The van der Waals surface area contributed by atoms with Gasteiger partial charge in [0.05, 0.1) is 12.0 Å². The number of carbonyl (C=O) groups excluding carboxylic acids is 1. The van der Waals surface area contributed by atoms with Crippen LogP contribution in [0.3, 0.4) is 0 Å². The zero-order chi connectivity index (χ0) is 15.7. The highest BCUT2D eigenvalue weighted by Gasteiger charge is 2.38. The largest absolute Gasteiger partial charge is 0.454 e. The Labute approximate surface area is 131 Å². The van der Waals surface area contributed by atoms with Gasteiger partial charge in [-0.05, 0) is 44.4 Å². The van der Waals surface area contributed by atoms with E-state index in [1.165, 1.54) is 0 Å². The summed E-state index contributed by atoms with van der Waals surface area (Å²) < 4.78 is 10.7. The van der Waals surface area contributed by atoms with E-state index in [2.05, 4.69) is 5.32 Å². The van der Waals surface area contributed by atoms with E-state index >= 15 is 0 Å². The second kappa shape index (κ2) is 5.80. The molecular weight excluding hydrogens is 280 g/mol. The lowest BCUT2D eigenvalue weighted by Crippen LogP contribution is -2.53. The van der Waals surface area contributed by atoms with E-state index in [0.717, 1.165) is 42.7 Å². The van der Waals surface area contributed by atoms with Crippen molar-refractivity contribution in [2.45, 2.75) is 51.1 Å². The molecule has 120 valence electrons. The topological polar surface area (TPSA) is 73.6 Å². The molecule has 1 aromatic rings. The molecule has 5 nitrogen and oxygen atoms in total. The van der Waals surface area contributed by atoms with Crippen molar-refractivity contribution in [3.8, 4) is 11.5 Å². The normalized spacial score (nSPS) is 28.2. The predicted octanol–water partition coefficient (Wildman–Crippen LogP) is 2.50. The number of carbonyl (C=O) groups is 1. The van der Waals surface area contributed by atoms with Crippen LogP contribution < -0.4 is 20.5 Å². The smallest absolute Gasteiger partial charge is 0.231 e. The van der Waals surface area contributed by atoms with Gasteiger partial charge in [0.1, 0.15) is 0 Å². The number of nitrogens with two attached hydrogens (primary N) is 1. The van der Waals surface area contributed by atoms with Crippen molar-refractivity contribution in [3.63, 3.8) is 0 Å². The summed E-state index contributed by atoms with van der Waals surface area (Å²) in [6, 6.07) is 5.69. The summed E-state index contributed by atoms with van der Waals surface area (Å²) in [5, 5.41) is 3.10. The maximum Gasteiger partial charge on any atom is 0.231 e. The highest BCUT2D eigenvalue weighted by atomic mass is 16.7. The Kier molecular flexibility index (Phi) is 4.00. The Bertz CT molecular complexity index is 571. The van der Waals surface area contributed by atoms with Crippen LogP contribution in [0.25, 0.3) is 0 Å². The van der Waals surface area contributed by atoms with Gasteiger partial charge < -0.3 is 20.5 Å². The number of rotatable bonds is 3. The molecule has 1 aliphatic heterocycles. The van der Waals surface area contributed by atoms with Gasteiger partial charge in [-0.1, -0.05) is 18.9 Å². The van der Waals surface area contributed by atoms with Crippen LogP contribution in [0.5, 0.6) is 11.5 Å². The lowest BCUT2D eigenvalue weighted by atomic mass is 9.74. The summed E-state index contributed by atoms with van der Waals surface area (Å²) in [7, 11) is 0. The Balaban J connectivity index is 1.68. The first-order valence-corrected chi connectivity index (χ1v) is 7.96. The third-order valence-corrected chi connectivity index (χ3v) is 4.83. The van der Waals surface area contributed by atoms with E-state index in [1.807, 2.05) is 32.0 Å². The van der Waals surface area contributed by atoms with Crippen molar-refractivity contribution in [3.05, 3.63) is 23.8 Å².